The molecule has 0 unspecified atom stereocenters. The second kappa shape index (κ2) is 17.6. The first-order chi connectivity index (χ1) is 25.9. The van der Waals surface area contributed by atoms with E-state index in [0.717, 1.165) is 52.6 Å². The maximum absolute atomic E-state index is 13.9. The highest BCUT2D eigenvalue weighted by molar-refractivity contribution is 5.82. The quantitative estimate of drug-likeness (QED) is 0.155. The Kier molecular flexibility index (Phi) is 12.9. The zero-order valence-electron chi connectivity index (χ0n) is 32.1. The predicted octanol–water partition coefficient (Wildman–Crippen LogP) is 7.06. The molecule has 54 heavy (non-hydrogen) atoms. The number of ether oxygens (including phenoxy) is 2. The van der Waals surface area contributed by atoms with Crippen LogP contribution in [0.25, 0.3) is 11.1 Å². The summed E-state index contributed by atoms with van der Waals surface area (Å²) in [7, 11) is 0. The van der Waals surface area contributed by atoms with E-state index in [-0.39, 0.29) is 67.5 Å². The summed E-state index contributed by atoms with van der Waals surface area (Å²) in [6.45, 7) is 9.17. The average Bonchev–Trinajstić information content (AvgIpc) is 3.16. The Balaban J connectivity index is 1.26. The number of piperidine rings is 1. The number of likely N-dealkylation sites (tertiary alicyclic amines) is 1. The van der Waals surface area contributed by atoms with Crippen LogP contribution >= 0.6 is 0 Å². The summed E-state index contributed by atoms with van der Waals surface area (Å²) < 4.78 is 13.8. The van der Waals surface area contributed by atoms with Crippen molar-refractivity contribution in [3.8, 4) is 11.1 Å². The number of hydrogen-bond acceptors (Lipinski definition) is 7. The highest BCUT2D eigenvalue weighted by Crippen LogP contribution is 2.44. The Morgan fingerprint density at radius 3 is 2.26 bits per heavy atom. The average molecular weight is 740 g/mol. The number of rotatable bonds is 12. The second-order valence-electron chi connectivity index (χ2n) is 16.4. The summed E-state index contributed by atoms with van der Waals surface area (Å²) in [4.78, 5) is 39.5. The van der Waals surface area contributed by atoms with Gasteiger partial charge in [-0.25, -0.2) is 0 Å². The van der Waals surface area contributed by atoms with Gasteiger partial charge in [-0.3, -0.25) is 19.3 Å². The molecule has 1 saturated carbocycles. The number of nitrogens with zero attached hydrogens (tertiary/aromatic N) is 1. The van der Waals surface area contributed by atoms with Crippen LogP contribution in [-0.4, -0.2) is 63.2 Å². The Hall–Kier alpha value is -4.09. The zero-order valence-corrected chi connectivity index (χ0v) is 32.1. The molecule has 3 fully saturated rings. The highest BCUT2D eigenvalue weighted by Gasteiger charge is 2.46. The van der Waals surface area contributed by atoms with Crippen molar-refractivity contribution in [3.05, 3.63) is 95.1 Å². The van der Waals surface area contributed by atoms with Crippen molar-refractivity contribution < 1.29 is 34.1 Å². The lowest BCUT2D eigenvalue weighted by Crippen LogP contribution is -2.61. The SMILES string of the molecule is C[C@@H]1[C@H](CN2[C@@H](C(=O)NC(C)(C)C)CC[C@H]3CCCC[C@H]32)O[C@H](c2ccc(-c3ccccc3CNC(=O)CCC(=O)O)cc2)O[C@@H]1c1ccc(CO)cc1. The summed E-state index contributed by atoms with van der Waals surface area (Å²) >= 11 is 0. The van der Waals surface area contributed by atoms with E-state index in [9.17, 15) is 19.5 Å². The van der Waals surface area contributed by atoms with E-state index in [0.29, 0.717) is 18.5 Å². The van der Waals surface area contributed by atoms with Gasteiger partial charge in [-0.1, -0.05) is 92.6 Å². The lowest BCUT2D eigenvalue weighted by Gasteiger charge is -2.51. The Morgan fingerprint density at radius 1 is 0.852 bits per heavy atom. The molecule has 0 bridgehead atoms. The summed E-state index contributed by atoms with van der Waals surface area (Å²) in [6.07, 6.45) is 5.19. The van der Waals surface area contributed by atoms with Crippen LogP contribution in [0.15, 0.2) is 72.8 Å². The third kappa shape index (κ3) is 9.76. The van der Waals surface area contributed by atoms with Crippen molar-refractivity contribution in [2.45, 2.75) is 128 Å². The van der Waals surface area contributed by atoms with Gasteiger partial charge in [-0.05, 0) is 80.2 Å². The fourth-order valence-electron chi connectivity index (χ4n) is 8.54. The highest BCUT2D eigenvalue weighted by atomic mass is 16.7. The minimum atomic E-state index is -1.000. The minimum absolute atomic E-state index is 0.0200. The van der Waals surface area contributed by atoms with Gasteiger partial charge < -0.3 is 30.3 Å². The third-order valence-electron chi connectivity index (χ3n) is 11.4. The van der Waals surface area contributed by atoms with E-state index in [1.165, 1.54) is 19.3 Å². The fourth-order valence-corrected chi connectivity index (χ4v) is 8.54. The molecule has 6 rings (SSSR count). The second-order valence-corrected chi connectivity index (χ2v) is 16.4. The number of carbonyl (C=O) groups excluding carboxylic acids is 2. The number of carboxylic acid groups (broad SMARTS) is 1. The summed E-state index contributed by atoms with van der Waals surface area (Å²) in [6, 6.07) is 24.0. The van der Waals surface area contributed by atoms with E-state index in [1.807, 2.05) is 93.6 Å². The van der Waals surface area contributed by atoms with E-state index < -0.39 is 12.3 Å². The number of nitrogens with one attached hydrogen (secondary N) is 2. The summed E-state index contributed by atoms with van der Waals surface area (Å²) in [5, 5.41) is 24.8. The van der Waals surface area contributed by atoms with Crippen molar-refractivity contribution in [2.24, 2.45) is 11.8 Å². The molecule has 0 spiro atoms. The topological polar surface area (TPSA) is 137 Å². The number of aliphatic carboxylic acids is 1. The van der Waals surface area contributed by atoms with E-state index in [1.54, 1.807) is 0 Å². The van der Waals surface area contributed by atoms with Gasteiger partial charge in [0.15, 0.2) is 6.29 Å². The zero-order chi connectivity index (χ0) is 38.4. The molecule has 2 saturated heterocycles. The van der Waals surface area contributed by atoms with Crippen molar-refractivity contribution in [3.63, 3.8) is 0 Å². The van der Waals surface area contributed by atoms with Crippen molar-refractivity contribution in [2.75, 3.05) is 6.54 Å². The molecule has 4 N–H and O–H groups in total. The molecule has 0 radical (unpaired) electrons. The van der Waals surface area contributed by atoms with Crippen LogP contribution in [0.1, 0.15) is 114 Å². The van der Waals surface area contributed by atoms with Crippen molar-refractivity contribution >= 4 is 17.8 Å². The fraction of sp³-hybridized carbons (Fsp3) is 0.523. The lowest BCUT2D eigenvalue weighted by atomic mass is 9.75. The molecule has 1 aliphatic carbocycles. The predicted molar refractivity (Wildman–Crippen MR) is 207 cm³/mol. The molecule has 0 aromatic heterocycles. The van der Waals surface area contributed by atoms with Gasteiger partial charge in [-0.2, -0.15) is 0 Å². The van der Waals surface area contributed by atoms with Gasteiger partial charge in [0, 0.05) is 42.6 Å². The molecule has 2 amide bonds. The maximum Gasteiger partial charge on any atom is 0.303 e. The lowest BCUT2D eigenvalue weighted by molar-refractivity contribution is -0.278. The number of carbonyl (C=O) groups is 3. The van der Waals surface area contributed by atoms with Gasteiger partial charge in [0.1, 0.15) is 0 Å². The molecule has 7 atom stereocenters. The molecule has 2 aliphatic heterocycles. The third-order valence-corrected chi connectivity index (χ3v) is 11.4. The van der Waals surface area contributed by atoms with Crippen LogP contribution in [-0.2, 0) is 37.0 Å². The van der Waals surface area contributed by atoms with Gasteiger partial charge in [0.2, 0.25) is 11.8 Å². The molecule has 3 aliphatic rings. The number of carboxylic acids is 1. The van der Waals surface area contributed by atoms with Crippen LogP contribution in [0.3, 0.4) is 0 Å². The molecule has 3 aromatic carbocycles. The number of amides is 2. The summed E-state index contributed by atoms with van der Waals surface area (Å²) in [5.74, 6) is -0.648. The van der Waals surface area contributed by atoms with E-state index in [2.05, 4.69) is 22.5 Å². The first-order valence-electron chi connectivity index (χ1n) is 19.7. The molecule has 2 heterocycles. The monoisotopic (exact) mass is 739 g/mol. The Labute approximate surface area is 319 Å². The molecule has 10 nitrogen and oxygen atoms in total. The Bertz CT molecular complexity index is 1740. The molecular formula is C44H57N3O7. The van der Waals surface area contributed by atoms with E-state index >= 15 is 0 Å². The van der Waals surface area contributed by atoms with Crippen molar-refractivity contribution in [1.29, 1.82) is 0 Å². The van der Waals surface area contributed by atoms with Crippen LogP contribution < -0.4 is 10.6 Å². The standard InChI is InChI=1S/C44H57N3O7/c1-28-38(26-47-36-12-8-6-9-31(36)21-22-37(47)42(52)46-44(2,3)4)53-43(54-41(28)32-15-13-29(27-48)14-16-32)33-19-17-30(18-20-33)35-11-7-5-10-34(35)25-45-39(49)23-24-40(50)51/h5,7,10-11,13-20,28,31,36-38,41,43,48H,6,8-9,12,21-27H2,1-4H3,(H,45,49)(H,46,52)(H,50,51)/t28-,31-,36-,37-,38+,41+,43+/m1/s1. The number of hydrogen-bond donors (Lipinski definition) is 4. The maximum atomic E-state index is 13.9. The van der Waals surface area contributed by atoms with Gasteiger partial charge in [0.05, 0.1) is 31.3 Å². The van der Waals surface area contributed by atoms with Gasteiger partial charge >= 0.3 is 5.97 Å². The van der Waals surface area contributed by atoms with Crippen LogP contribution in [0.5, 0.6) is 0 Å². The molecule has 10 heteroatoms. The Morgan fingerprint density at radius 2 is 1.56 bits per heavy atom. The smallest absolute Gasteiger partial charge is 0.303 e. The summed E-state index contributed by atoms with van der Waals surface area (Å²) in [5.41, 5.74) is 5.27. The first-order valence-corrected chi connectivity index (χ1v) is 19.7. The van der Waals surface area contributed by atoms with Crippen LogP contribution in [0.2, 0.25) is 0 Å². The van der Waals surface area contributed by atoms with E-state index in [4.69, 9.17) is 14.6 Å². The van der Waals surface area contributed by atoms with Gasteiger partial charge in [0.25, 0.3) is 0 Å². The molecule has 290 valence electrons. The minimum Gasteiger partial charge on any atom is -0.481 e. The molecule has 3 aromatic rings. The van der Waals surface area contributed by atoms with Crippen molar-refractivity contribution in [1.82, 2.24) is 15.5 Å². The van der Waals surface area contributed by atoms with Crippen LogP contribution in [0, 0.1) is 11.8 Å². The number of benzene rings is 3. The normalized spacial score (nSPS) is 26.1. The number of aliphatic hydroxyl groups excluding tert-OH is 1. The van der Waals surface area contributed by atoms with Crippen LogP contribution in [0.4, 0.5) is 0 Å². The number of aliphatic hydroxyl groups is 1. The first kappa shape index (κ1) is 39.6. The molecular weight excluding hydrogens is 682 g/mol. The van der Waals surface area contributed by atoms with Gasteiger partial charge in [-0.15, -0.1) is 0 Å². The largest absolute Gasteiger partial charge is 0.481 e. The number of fused-ring (bicyclic) bond motifs is 1.